The lowest BCUT2D eigenvalue weighted by atomic mass is 10.1. The minimum Gasteiger partial charge on any atom is -0.456 e. The van der Waals surface area contributed by atoms with E-state index in [1.165, 1.54) is 0 Å². The normalized spacial score (nSPS) is 15.5. The molecule has 0 saturated carbocycles. The van der Waals surface area contributed by atoms with Gasteiger partial charge in [0.2, 0.25) is 5.90 Å². The number of aliphatic imine (C=N–C) groups is 1. The van der Waals surface area contributed by atoms with Crippen molar-refractivity contribution in [2.75, 3.05) is 0 Å². The van der Waals surface area contributed by atoms with Crippen LogP contribution in [0.5, 0.6) is 0 Å². The van der Waals surface area contributed by atoms with Crippen molar-refractivity contribution in [1.82, 2.24) is 0 Å². The number of rotatable bonds is 2. The first-order valence-electron chi connectivity index (χ1n) is 8.68. The van der Waals surface area contributed by atoms with Crippen LogP contribution in [-0.2, 0) is 9.53 Å². The number of cyclic esters (lactones) is 1. The summed E-state index contributed by atoms with van der Waals surface area (Å²) in [6.45, 7) is 2.01. The van der Waals surface area contributed by atoms with Crippen molar-refractivity contribution >= 4 is 39.9 Å². The van der Waals surface area contributed by atoms with Gasteiger partial charge in [0.05, 0.1) is 0 Å². The van der Waals surface area contributed by atoms with E-state index in [0.717, 1.165) is 38.6 Å². The second-order valence-electron chi connectivity index (χ2n) is 6.56. The molecule has 0 fully saturated rings. The number of carbonyl (C=O) groups is 1. The van der Waals surface area contributed by atoms with E-state index in [4.69, 9.17) is 9.15 Å². The molecule has 0 N–H and O–H groups in total. The lowest BCUT2D eigenvalue weighted by molar-refractivity contribution is -0.129. The van der Waals surface area contributed by atoms with E-state index in [-0.39, 0.29) is 5.70 Å². The highest BCUT2D eigenvalue weighted by molar-refractivity contribution is 6.13. The van der Waals surface area contributed by atoms with Crippen molar-refractivity contribution in [1.29, 1.82) is 0 Å². The molecule has 4 aromatic rings. The first-order chi connectivity index (χ1) is 13.2. The van der Waals surface area contributed by atoms with Gasteiger partial charge in [-0.1, -0.05) is 42.0 Å². The number of ether oxygens (including phenoxy) is 1. The third-order valence-corrected chi connectivity index (χ3v) is 4.62. The third-order valence-electron chi connectivity index (χ3n) is 4.62. The van der Waals surface area contributed by atoms with Crippen molar-refractivity contribution in [3.05, 3.63) is 89.1 Å². The Morgan fingerprint density at radius 3 is 2.52 bits per heavy atom. The molecule has 130 valence electrons. The first kappa shape index (κ1) is 15.6. The smallest absolute Gasteiger partial charge is 0.363 e. The summed E-state index contributed by atoms with van der Waals surface area (Å²) < 4.78 is 11.2. The molecule has 1 aromatic heterocycles. The number of hydrogen-bond acceptors (Lipinski definition) is 4. The summed E-state index contributed by atoms with van der Waals surface area (Å²) in [5.74, 6) is -0.108. The van der Waals surface area contributed by atoms with Gasteiger partial charge in [0.25, 0.3) is 0 Å². The maximum Gasteiger partial charge on any atom is 0.363 e. The average molecular weight is 353 g/mol. The Labute approximate surface area is 155 Å². The molecular weight excluding hydrogens is 338 g/mol. The molecule has 4 heteroatoms. The topological polar surface area (TPSA) is 51.8 Å². The largest absolute Gasteiger partial charge is 0.456 e. The van der Waals surface area contributed by atoms with Gasteiger partial charge in [-0.05, 0) is 48.9 Å². The van der Waals surface area contributed by atoms with Crippen LogP contribution in [0.3, 0.4) is 0 Å². The van der Waals surface area contributed by atoms with E-state index in [0.29, 0.717) is 5.90 Å². The summed E-state index contributed by atoms with van der Waals surface area (Å²) in [5.41, 5.74) is 4.75. The van der Waals surface area contributed by atoms with Crippen LogP contribution in [0, 0.1) is 6.92 Å². The first-order valence-corrected chi connectivity index (χ1v) is 8.68. The van der Waals surface area contributed by atoms with Crippen molar-refractivity contribution in [3.63, 3.8) is 0 Å². The molecule has 5 rings (SSSR count). The minimum absolute atomic E-state index is 0.290. The standard InChI is InChI=1S/C23H15NO3/c1-14-6-9-16(10-7-14)22-24-19(23(25)27-22)13-15-8-11-21-18(12-15)17-4-2-3-5-20(17)26-21/h2-13H,1H3/b19-13+. The monoisotopic (exact) mass is 353 g/mol. The van der Waals surface area contributed by atoms with Crippen molar-refractivity contribution in [2.45, 2.75) is 6.92 Å². The quantitative estimate of drug-likeness (QED) is 0.366. The lowest BCUT2D eigenvalue weighted by Gasteiger charge is -1.99. The fourth-order valence-corrected chi connectivity index (χ4v) is 3.22. The number of benzene rings is 3. The van der Waals surface area contributed by atoms with Gasteiger partial charge in [0.1, 0.15) is 11.2 Å². The van der Waals surface area contributed by atoms with Crippen molar-refractivity contribution in [3.8, 4) is 0 Å². The predicted octanol–water partition coefficient (Wildman–Crippen LogP) is 5.24. The molecule has 0 spiro atoms. The average Bonchev–Trinajstić information content (AvgIpc) is 3.23. The molecule has 4 nitrogen and oxygen atoms in total. The summed E-state index contributed by atoms with van der Waals surface area (Å²) in [6.07, 6.45) is 1.74. The van der Waals surface area contributed by atoms with E-state index in [2.05, 4.69) is 4.99 Å². The van der Waals surface area contributed by atoms with Gasteiger partial charge >= 0.3 is 5.97 Å². The van der Waals surface area contributed by atoms with Crippen LogP contribution in [0.15, 0.2) is 81.8 Å². The highest BCUT2D eigenvalue weighted by Gasteiger charge is 2.24. The Morgan fingerprint density at radius 2 is 1.67 bits per heavy atom. The molecule has 0 saturated heterocycles. The number of fused-ring (bicyclic) bond motifs is 3. The summed E-state index contributed by atoms with van der Waals surface area (Å²) in [4.78, 5) is 16.6. The molecule has 0 radical (unpaired) electrons. The fraction of sp³-hybridized carbons (Fsp3) is 0.0435. The molecule has 1 aliphatic rings. The number of nitrogens with zero attached hydrogens (tertiary/aromatic N) is 1. The molecule has 0 unspecified atom stereocenters. The zero-order valence-electron chi connectivity index (χ0n) is 14.6. The zero-order chi connectivity index (χ0) is 18.4. The van der Waals surface area contributed by atoms with E-state index in [1.807, 2.05) is 73.7 Å². The molecule has 0 atom stereocenters. The van der Waals surface area contributed by atoms with Crippen molar-refractivity contribution in [2.24, 2.45) is 4.99 Å². The maximum atomic E-state index is 12.2. The van der Waals surface area contributed by atoms with Crippen LogP contribution in [0.4, 0.5) is 0 Å². The van der Waals surface area contributed by atoms with Gasteiger partial charge in [-0.2, -0.15) is 0 Å². The van der Waals surface area contributed by atoms with Gasteiger partial charge in [0.15, 0.2) is 5.70 Å². The summed E-state index contributed by atoms with van der Waals surface area (Å²) in [7, 11) is 0. The molecular formula is C23H15NO3. The van der Waals surface area contributed by atoms with Crippen LogP contribution in [0.2, 0.25) is 0 Å². The van der Waals surface area contributed by atoms with Crippen LogP contribution in [0.25, 0.3) is 28.0 Å². The van der Waals surface area contributed by atoms with Gasteiger partial charge in [-0.3, -0.25) is 0 Å². The van der Waals surface area contributed by atoms with Crippen LogP contribution < -0.4 is 0 Å². The van der Waals surface area contributed by atoms with Gasteiger partial charge < -0.3 is 9.15 Å². The van der Waals surface area contributed by atoms with Gasteiger partial charge in [-0.15, -0.1) is 0 Å². The molecule has 0 amide bonds. The van der Waals surface area contributed by atoms with Crippen LogP contribution >= 0.6 is 0 Å². The maximum absolute atomic E-state index is 12.2. The SMILES string of the molecule is Cc1ccc(C2=N/C(=C/c3ccc4oc5ccccc5c4c3)C(=O)O2)cc1. The Balaban J connectivity index is 1.56. The Bertz CT molecular complexity index is 1260. The Hall–Kier alpha value is -3.66. The minimum atomic E-state index is -0.442. The van der Waals surface area contributed by atoms with E-state index < -0.39 is 5.97 Å². The fourth-order valence-electron chi connectivity index (χ4n) is 3.22. The zero-order valence-corrected chi connectivity index (χ0v) is 14.6. The number of furan rings is 1. The Kier molecular flexibility index (Phi) is 3.44. The lowest BCUT2D eigenvalue weighted by Crippen LogP contribution is -2.05. The number of para-hydroxylation sites is 1. The van der Waals surface area contributed by atoms with E-state index in [9.17, 15) is 4.79 Å². The third kappa shape index (κ3) is 2.72. The highest BCUT2D eigenvalue weighted by Crippen LogP contribution is 2.30. The van der Waals surface area contributed by atoms with Crippen LogP contribution in [0.1, 0.15) is 16.7 Å². The number of aryl methyl sites for hydroxylation is 1. The molecule has 0 bridgehead atoms. The van der Waals surface area contributed by atoms with Crippen LogP contribution in [-0.4, -0.2) is 11.9 Å². The second kappa shape index (κ2) is 5.95. The number of esters is 1. The van der Waals surface area contributed by atoms with E-state index >= 15 is 0 Å². The summed E-state index contributed by atoms with van der Waals surface area (Å²) in [5, 5.41) is 2.06. The second-order valence-corrected chi connectivity index (χ2v) is 6.56. The molecule has 3 aromatic carbocycles. The van der Waals surface area contributed by atoms with E-state index in [1.54, 1.807) is 6.08 Å². The molecule has 2 heterocycles. The van der Waals surface area contributed by atoms with Gasteiger partial charge in [-0.25, -0.2) is 9.79 Å². The summed E-state index contributed by atoms with van der Waals surface area (Å²) >= 11 is 0. The highest BCUT2D eigenvalue weighted by atomic mass is 16.6. The Morgan fingerprint density at radius 1 is 0.889 bits per heavy atom. The summed E-state index contributed by atoms with van der Waals surface area (Å²) in [6, 6.07) is 21.4. The van der Waals surface area contributed by atoms with Crippen molar-refractivity contribution < 1.29 is 13.9 Å². The molecule has 27 heavy (non-hydrogen) atoms. The number of carbonyl (C=O) groups excluding carboxylic acids is 1. The van der Waals surface area contributed by atoms with Gasteiger partial charge in [0, 0.05) is 16.3 Å². The molecule has 1 aliphatic heterocycles. The predicted molar refractivity (Wildman–Crippen MR) is 106 cm³/mol. The number of hydrogen-bond donors (Lipinski definition) is 0. The molecule has 0 aliphatic carbocycles.